The van der Waals surface area contributed by atoms with Crippen molar-refractivity contribution in [1.82, 2.24) is 19.7 Å². The molecule has 0 saturated heterocycles. The van der Waals surface area contributed by atoms with Gasteiger partial charge in [0.15, 0.2) is 5.16 Å². The Balaban J connectivity index is 1.78. The van der Waals surface area contributed by atoms with Gasteiger partial charge in [-0.05, 0) is 18.4 Å². The number of rotatable bonds is 4. The molecule has 0 aliphatic carbocycles. The Kier molecular flexibility index (Phi) is 3.49. The second-order valence-electron chi connectivity index (χ2n) is 4.19. The van der Waals surface area contributed by atoms with Crippen molar-refractivity contribution in [2.45, 2.75) is 17.8 Å². The molecule has 0 aromatic carbocycles. The fraction of sp³-hybridized carbons (Fsp3) is 0.250. The van der Waals surface area contributed by atoms with E-state index in [4.69, 9.17) is 4.42 Å². The van der Waals surface area contributed by atoms with E-state index in [1.165, 1.54) is 16.3 Å². The number of aromatic amines is 1. The number of aryl methyl sites for hydroxylation is 1. The van der Waals surface area contributed by atoms with Crippen molar-refractivity contribution in [2.24, 2.45) is 7.05 Å². The van der Waals surface area contributed by atoms with Gasteiger partial charge < -0.3 is 4.42 Å². The van der Waals surface area contributed by atoms with E-state index in [0.717, 1.165) is 17.0 Å². The van der Waals surface area contributed by atoms with Crippen LogP contribution in [0.3, 0.4) is 0 Å². The van der Waals surface area contributed by atoms with Crippen molar-refractivity contribution in [3.63, 3.8) is 0 Å². The third kappa shape index (κ3) is 2.44. The minimum absolute atomic E-state index is 0.219. The molecule has 20 heavy (non-hydrogen) atoms. The molecule has 3 aromatic heterocycles. The molecule has 3 aromatic rings. The summed E-state index contributed by atoms with van der Waals surface area (Å²) in [7, 11) is 1.68. The van der Waals surface area contributed by atoms with Gasteiger partial charge >= 0.3 is 5.69 Å². The van der Waals surface area contributed by atoms with Gasteiger partial charge in [0.1, 0.15) is 5.76 Å². The molecular formula is C12H12N4O2S2. The molecule has 0 spiro atoms. The van der Waals surface area contributed by atoms with Gasteiger partial charge in [0.05, 0.1) is 5.69 Å². The van der Waals surface area contributed by atoms with E-state index in [2.05, 4.69) is 15.2 Å². The number of hydrogen-bond acceptors (Lipinski definition) is 6. The topological polar surface area (TPSA) is 76.7 Å². The van der Waals surface area contributed by atoms with Crippen LogP contribution in [0.5, 0.6) is 0 Å². The van der Waals surface area contributed by atoms with Crippen LogP contribution < -0.4 is 5.69 Å². The first kappa shape index (κ1) is 13.2. The zero-order valence-electron chi connectivity index (χ0n) is 10.9. The van der Waals surface area contributed by atoms with Gasteiger partial charge in [0.25, 0.3) is 0 Å². The summed E-state index contributed by atoms with van der Waals surface area (Å²) >= 11 is 3.05. The fourth-order valence-electron chi connectivity index (χ4n) is 1.67. The van der Waals surface area contributed by atoms with Gasteiger partial charge in [-0.25, -0.2) is 14.9 Å². The van der Waals surface area contributed by atoms with Gasteiger partial charge in [-0.2, -0.15) is 11.3 Å². The summed E-state index contributed by atoms with van der Waals surface area (Å²) in [6, 6.07) is 1.98. The summed E-state index contributed by atoms with van der Waals surface area (Å²) in [5.41, 5.74) is 1.64. The molecule has 6 nitrogen and oxygen atoms in total. The standard InChI is InChI=1S/C12H12N4O2S2/c1-7-9(6-20-12-15-14-11(17)16(12)2)13-10(18-7)8-3-4-19-5-8/h3-5H,6H2,1-2H3,(H,14,17). The van der Waals surface area contributed by atoms with E-state index in [1.54, 1.807) is 18.4 Å². The molecule has 0 radical (unpaired) electrons. The first-order valence-electron chi connectivity index (χ1n) is 5.88. The highest BCUT2D eigenvalue weighted by Crippen LogP contribution is 2.27. The Bertz CT molecular complexity index is 770. The van der Waals surface area contributed by atoms with Crippen LogP contribution in [0, 0.1) is 6.92 Å². The molecule has 0 amide bonds. The average molecular weight is 308 g/mol. The maximum Gasteiger partial charge on any atom is 0.343 e. The normalized spacial score (nSPS) is 11.1. The van der Waals surface area contributed by atoms with Crippen LogP contribution in [0.4, 0.5) is 0 Å². The number of nitrogens with zero attached hydrogens (tertiary/aromatic N) is 3. The van der Waals surface area contributed by atoms with Crippen LogP contribution in [0.1, 0.15) is 11.5 Å². The van der Waals surface area contributed by atoms with Crippen LogP contribution in [0.15, 0.2) is 31.2 Å². The van der Waals surface area contributed by atoms with Crippen LogP contribution in [-0.4, -0.2) is 19.7 Å². The Morgan fingerprint density at radius 3 is 3.05 bits per heavy atom. The highest BCUT2D eigenvalue weighted by atomic mass is 32.2. The summed E-state index contributed by atoms with van der Waals surface area (Å²) in [4.78, 5) is 15.8. The minimum Gasteiger partial charge on any atom is -0.441 e. The predicted molar refractivity (Wildman–Crippen MR) is 77.9 cm³/mol. The molecule has 0 atom stereocenters. The van der Waals surface area contributed by atoms with Gasteiger partial charge in [-0.3, -0.25) is 4.57 Å². The number of thioether (sulfide) groups is 1. The molecule has 0 bridgehead atoms. The van der Waals surface area contributed by atoms with E-state index in [1.807, 2.05) is 23.8 Å². The summed E-state index contributed by atoms with van der Waals surface area (Å²) in [6.45, 7) is 1.89. The first-order chi connectivity index (χ1) is 9.65. The minimum atomic E-state index is -0.219. The third-order valence-corrected chi connectivity index (χ3v) is 4.56. The molecule has 3 rings (SSSR count). The molecular weight excluding hydrogens is 296 g/mol. The van der Waals surface area contributed by atoms with Crippen LogP contribution in [-0.2, 0) is 12.8 Å². The second-order valence-corrected chi connectivity index (χ2v) is 5.92. The number of thiophene rings is 1. The second kappa shape index (κ2) is 5.29. The Morgan fingerprint density at radius 1 is 1.55 bits per heavy atom. The van der Waals surface area contributed by atoms with Crippen molar-refractivity contribution in [3.8, 4) is 11.5 Å². The Hall–Kier alpha value is -1.80. The largest absolute Gasteiger partial charge is 0.441 e. The van der Waals surface area contributed by atoms with Crippen LogP contribution in [0.2, 0.25) is 0 Å². The summed E-state index contributed by atoms with van der Waals surface area (Å²) in [6.07, 6.45) is 0. The zero-order valence-corrected chi connectivity index (χ0v) is 12.5. The SMILES string of the molecule is Cc1oc(-c2ccsc2)nc1CSc1n[nH]c(=O)n1C. The van der Waals surface area contributed by atoms with E-state index in [0.29, 0.717) is 16.8 Å². The summed E-state index contributed by atoms with van der Waals surface area (Å²) in [5, 5.41) is 11.0. The first-order valence-corrected chi connectivity index (χ1v) is 7.81. The van der Waals surface area contributed by atoms with Crippen molar-refractivity contribution < 1.29 is 4.42 Å². The van der Waals surface area contributed by atoms with Gasteiger partial charge in [-0.1, -0.05) is 11.8 Å². The number of oxazole rings is 1. The number of aromatic nitrogens is 4. The molecule has 1 N–H and O–H groups in total. The molecule has 0 fully saturated rings. The number of hydrogen-bond donors (Lipinski definition) is 1. The van der Waals surface area contributed by atoms with Crippen molar-refractivity contribution in [3.05, 3.63) is 38.8 Å². The smallest absolute Gasteiger partial charge is 0.343 e. The van der Waals surface area contributed by atoms with E-state index in [-0.39, 0.29) is 5.69 Å². The lowest BCUT2D eigenvalue weighted by Crippen LogP contribution is -2.12. The number of nitrogens with one attached hydrogen (secondary N) is 1. The highest BCUT2D eigenvalue weighted by Gasteiger charge is 2.13. The monoisotopic (exact) mass is 308 g/mol. The number of H-pyrrole nitrogens is 1. The average Bonchev–Trinajstić information content (AvgIpc) is 3.12. The Labute approximate surface area is 122 Å². The molecule has 8 heteroatoms. The van der Waals surface area contributed by atoms with Crippen molar-refractivity contribution in [1.29, 1.82) is 0 Å². The predicted octanol–water partition coefficient (Wildman–Crippen LogP) is 2.43. The molecule has 104 valence electrons. The maximum atomic E-state index is 11.3. The van der Waals surface area contributed by atoms with E-state index in [9.17, 15) is 4.79 Å². The van der Waals surface area contributed by atoms with Gasteiger partial charge in [0.2, 0.25) is 5.89 Å². The molecule has 0 aliphatic heterocycles. The van der Waals surface area contributed by atoms with Gasteiger partial charge in [-0.15, -0.1) is 5.10 Å². The lowest BCUT2D eigenvalue weighted by molar-refractivity contribution is 0.541. The molecule has 0 unspecified atom stereocenters. The molecule has 0 saturated carbocycles. The molecule has 0 aliphatic rings. The Morgan fingerprint density at radius 2 is 2.40 bits per heavy atom. The van der Waals surface area contributed by atoms with Gasteiger partial charge in [0, 0.05) is 23.7 Å². The maximum absolute atomic E-state index is 11.3. The molecule has 3 heterocycles. The zero-order chi connectivity index (χ0) is 14.1. The van der Waals surface area contributed by atoms with Crippen molar-refractivity contribution in [2.75, 3.05) is 0 Å². The lowest BCUT2D eigenvalue weighted by atomic mass is 10.3. The fourth-order valence-corrected chi connectivity index (χ4v) is 3.22. The third-order valence-electron chi connectivity index (χ3n) is 2.84. The highest BCUT2D eigenvalue weighted by molar-refractivity contribution is 7.98. The lowest BCUT2D eigenvalue weighted by Gasteiger charge is -1.97. The van der Waals surface area contributed by atoms with E-state index < -0.39 is 0 Å². The quantitative estimate of drug-likeness (QED) is 0.749. The van der Waals surface area contributed by atoms with E-state index >= 15 is 0 Å². The van der Waals surface area contributed by atoms with Crippen molar-refractivity contribution >= 4 is 23.1 Å². The summed E-state index contributed by atoms with van der Waals surface area (Å²) in [5.74, 6) is 2.03. The van der Waals surface area contributed by atoms with Crippen LogP contribution >= 0.6 is 23.1 Å². The van der Waals surface area contributed by atoms with Crippen LogP contribution in [0.25, 0.3) is 11.5 Å². The summed E-state index contributed by atoms with van der Waals surface area (Å²) < 4.78 is 7.14.